The number of carbonyl (C=O) groups is 1. The number of nitrogens with zero attached hydrogens (tertiary/aromatic N) is 2. The number of hydrogen-bond donors (Lipinski definition) is 1. The molecule has 0 saturated carbocycles. The van der Waals surface area contributed by atoms with E-state index in [0.29, 0.717) is 11.8 Å². The number of rotatable bonds is 5. The van der Waals surface area contributed by atoms with Gasteiger partial charge in [-0.05, 0) is 38.1 Å². The van der Waals surface area contributed by atoms with Crippen molar-refractivity contribution in [2.75, 3.05) is 44.2 Å². The number of nitrogens with one attached hydrogen (secondary N) is 1. The van der Waals surface area contributed by atoms with Crippen LogP contribution in [0.3, 0.4) is 0 Å². The molecule has 0 bridgehead atoms. The Kier molecular flexibility index (Phi) is 5.84. The summed E-state index contributed by atoms with van der Waals surface area (Å²) in [6.45, 7) is 7.73. The molecule has 23 heavy (non-hydrogen) atoms. The molecule has 4 nitrogen and oxygen atoms in total. The molecule has 0 spiro atoms. The Morgan fingerprint density at radius 1 is 1.26 bits per heavy atom. The van der Waals surface area contributed by atoms with E-state index in [1.165, 1.54) is 42.9 Å². The summed E-state index contributed by atoms with van der Waals surface area (Å²) >= 11 is 1.90. The maximum atomic E-state index is 12.3. The van der Waals surface area contributed by atoms with Crippen molar-refractivity contribution < 1.29 is 4.79 Å². The Labute approximate surface area is 143 Å². The molecule has 1 saturated heterocycles. The van der Waals surface area contributed by atoms with Crippen LogP contribution >= 0.6 is 11.8 Å². The van der Waals surface area contributed by atoms with Crippen molar-refractivity contribution in [2.24, 2.45) is 0 Å². The molecule has 1 N–H and O–H groups in total. The van der Waals surface area contributed by atoms with Gasteiger partial charge in [0.15, 0.2) is 0 Å². The Morgan fingerprint density at radius 3 is 2.87 bits per heavy atom. The molecule has 2 aliphatic heterocycles. The highest BCUT2D eigenvalue weighted by Gasteiger charge is 2.23. The van der Waals surface area contributed by atoms with Gasteiger partial charge < -0.3 is 15.1 Å². The van der Waals surface area contributed by atoms with Crippen LogP contribution in [0, 0.1) is 0 Å². The average molecular weight is 334 g/mol. The van der Waals surface area contributed by atoms with Gasteiger partial charge in [0.25, 0.3) is 0 Å². The monoisotopic (exact) mass is 333 g/mol. The molecule has 0 unspecified atom stereocenters. The summed E-state index contributed by atoms with van der Waals surface area (Å²) in [5, 5.41) is 3.61. The van der Waals surface area contributed by atoms with E-state index in [1.54, 1.807) is 0 Å². The number of anilines is 1. The van der Waals surface area contributed by atoms with Gasteiger partial charge in [-0.25, -0.2) is 0 Å². The third kappa shape index (κ3) is 4.64. The Balaban J connectivity index is 1.48. The molecule has 1 atom stereocenters. The van der Waals surface area contributed by atoms with Gasteiger partial charge in [0, 0.05) is 29.8 Å². The highest BCUT2D eigenvalue weighted by Crippen LogP contribution is 2.37. The molecule has 0 radical (unpaired) electrons. The first-order valence-corrected chi connectivity index (χ1v) is 9.60. The first kappa shape index (κ1) is 16.7. The van der Waals surface area contributed by atoms with Gasteiger partial charge in [-0.2, -0.15) is 0 Å². The van der Waals surface area contributed by atoms with Gasteiger partial charge in [-0.1, -0.05) is 25.5 Å². The van der Waals surface area contributed by atoms with E-state index >= 15 is 0 Å². The van der Waals surface area contributed by atoms with Crippen LogP contribution in [0.25, 0.3) is 0 Å². The normalized spacial score (nSPS) is 21.8. The fraction of sp³-hybridized carbons (Fsp3) is 0.611. The number of fused-ring (bicyclic) bond motifs is 1. The van der Waals surface area contributed by atoms with E-state index in [1.807, 2.05) is 11.8 Å². The molecule has 3 rings (SSSR count). The fourth-order valence-corrected chi connectivity index (χ4v) is 4.56. The van der Waals surface area contributed by atoms with Crippen LogP contribution in [0.4, 0.5) is 5.69 Å². The maximum Gasteiger partial charge on any atom is 0.239 e. The minimum absolute atomic E-state index is 0.135. The van der Waals surface area contributed by atoms with Gasteiger partial charge in [0.2, 0.25) is 5.91 Å². The summed E-state index contributed by atoms with van der Waals surface area (Å²) in [5.74, 6) is 0.135. The van der Waals surface area contributed by atoms with Crippen molar-refractivity contribution in [1.29, 1.82) is 0 Å². The number of amides is 1. The van der Waals surface area contributed by atoms with Gasteiger partial charge in [-0.3, -0.25) is 4.79 Å². The first-order chi connectivity index (χ1) is 11.2. The lowest BCUT2D eigenvalue weighted by Crippen LogP contribution is -2.44. The topological polar surface area (TPSA) is 35.6 Å². The minimum atomic E-state index is 0.135. The summed E-state index contributed by atoms with van der Waals surface area (Å²) in [5.41, 5.74) is 1.20. The second-order valence-corrected chi connectivity index (χ2v) is 8.01. The molecular weight excluding hydrogens is 306 g/mol. The van der Waals surface area contributed by atoms with Crippen molar-refractivity contribution in [3.05, 3.63) is 24.3 Å². The van der Waals surface area contributed by atoms with Crippen molar-refractivity contribution in [1.82, 2.24) is 10.2 Å². The smallest absolute Gasteiger partial charge is 0.239 e. The molecule has 1 aromatic rings. The summed E-state index contributed by atoms with van der Waals surface area (Å²) in [4.78, 5) is 18.2. The first-order valence-electron chi connectivity index (χ1n) is 8.72. The second-order valence-electron chi connectivity index (χ2n) is 6.53. The Bertz CT molecular complexity index is 531. The zero-order valence-electron chi connectivity index (χ0n) is 14.0. The largest absolute Gasteiger partial charge is 0.360 e. The number of para-hydroxylation sites is 1. The summed E-state index contributed by atoms with van der Waals surface area (Å²) in [7, 11) is 0. The number of carbonyl (C=O) groups excluding carboxylic acids is 1. The van der Waals surface area contributed by atoms with Crippen LogP contribution in [-0.2, 0) is 4.79 Å². The van der Waals surface area contributed by atoms with Gasteiger partial charge in [0.05, 0.1) is 12.2 Å². The summed E-state index contributed by atoms with van der Waals surface area (Å²) in [6.07, 6.45) is 3.95. The van der Waals surface area contributed by atoms with E-state index in [0.717, 1.165) is 19.6 Å². The van der Waals surface area contributed by atoms with E-state index < -0.39 is 0 Å². The lowest BCUT2D eigenvalue weighted by atomic mass is 10.1. The standard InChI is InChI=1S/C18H27N3OS/c1-15-13-21(16-7-3-4-8-17(16)23-15)14-18(22)19-9-12-20-10-5-2-6-11-20/h3-4,7-8,15H,2,5-6,9-14H2,1H3,(H,19,22)/t15-/m0/s1. The fourth-order valence-electron chi connectivity index (χ4n) is 3.40. The molecule has 2 heterocycles. The minimum Gasteiger partial charge on any atom is -0.360 e. The molecular formula is C18H27N3OS. The lowest BCUT2D eigenvalue weighted by Gasteiger charge is -2.33. The van der Waals surface area contributed by atoms with E-state index in [9.17, 15) is 4.79 Å². The van der Waals surface area contributed by atoms with Crippen molar-refractivity contribution in [2.45, 2.75) is 36.3 Å². The maximum absolute atomic E-state index is 12.3. The van der Waals surface area contributed by atoms with Gasteiger partial charge in [0.1, 0.15) is 0 Å². The summed E-state index contributed by atoms with van der Waals surface area (Å²) < 4.78 is 0. The molecule has 2 aliphatic rings. The summed E-state index contributed by atoms with van der Waals surface area (Å²) in [6, 6.07) is 8.39. The highest BCUT2D eigenvalue weighted by molar-refractivity contribution is 8.00. The molecule has 126 valence electrons. The third-order valence-corrected chi connectivity index (χ3v) is 5.70. The van der Waals surface area contributed by atoms with Crippen LogP contribution < -0.4 is 10.2 Å². The Morgan fingerprint density at radius 2 is 2.04 bits per heavy atom. The predicted octanol–water partition coefficient (Wildman–Crippen LogP) is 2.59. The van der Waals surface area contributed by atoms with Gasteiger partial charge in [-0.15, -0.1) is 11.8 Å². The van der Waals surface area contributed by atoms with E-state index in [4.69, 9.17) is 0 Å². The quantitative estimate of drug-likeness (QED) is 0.898. The molecule has 1 amide bonds. The Hall–Kier alpha value is -1.20. The van der Waals surface area contributed by atoms with Crippen LogP contribution in [0.15, 0.2) is 29.2 Å². The zero-order valence-corrected chi connectivity index (χ0v) is 14.8. The number of piperidine rings is 1. The average Bonchev–Trinajstić information content (AvgIpc) is 2.55. The van der Waals surface area contributed by atoms with Crippen LogP contribution in [0.2, 0.25) is 0 Å². The molecule has 1 fully saturated rings. The molecule has 0 aromatic heterocycles. The van der Waals surface area contributed by atoms with Crippen LogP contribution in [0.5, 0.6) is 0 Å². The lowest BCUT2D eigenvalue weighted by molar-refractivity contribution is -0.119. The highest BCUT2D eigenvalue weighted by atomic mass is 32.2. The zero-order chi connectivity index (χ0) is 16.1. The second kappa shape index (κ2) is 8.06. The van der Waals surface area contributed by atoms with Crippen LogP contribution in [-0.4, -0.2) is 55.3 Å². The third-order valence-electron chi connectivity index (χ3n) is 4.54. The number of thioether (sulfide) groups is 1. The molecule has 1 aromatic carbocycles. The van der Waals surface area contributed by atoms with E-state index in [2.05, 4.69) is 46.3 Å². The number of hydrogen-bond acceptors (Lipinski definition) is 4. The van der Waals surface area contributed by atoms with Crippen molar-refractivity contribution >= 4 is 23.4 Å². The molecule has 0 aliphatic carbocycles. The van der Waals surface area contributed by atoms with E-state index in [-0.39, 0.29) is 5.91 Å². The van der Waals surface area contributed by atoms with Crippen molar-refractivity contribution in [3.8, 4) is 0 Å². The predicted molar refractivity (Wildman–Crippen MR) is 97.3 cm³/mol. The van der Waals surface area contributed by atoms with Crippen molar-refractivity contribution in [3.63, 3.8) is 0 Å². The number of likely N-dealkylation sites (tertiary alicyclic amines) is 1. The SMILES string of the molecule is C[C@H]1CN(CC(=O)NCCN2CCCCC2)c2ccccc2S1. The molecule has 5 heteroatoms. The van der Waals surface area contributed by atoms with Crippen LogP contribution in [0.1, 0.15) is 26.2 Å². The van der Waals surface area contributed by atoms with Gasteiger partial charge >= 0.3 is 0 Å². The number of benzene rings is 1.